The fourth-order valence-electron chi connectivity index (χ4n) is 1.23. The molecule has 0 aliphatic carbocycles. The predicted molar refractivity (Wildman–Crippen MR) is 49.9 cm³/mol. The van der Waals surface area contributed by atoms with Gasteiger partial charge in [0.1, 0.15) is 11.6 Å². The number of halogens is 2. The third-order valence-electron chi connectivity index (χ3n) is 1.98. The van der Waals surface area contributed by atoms with Crippen LogP contribution in [0.5, 0.6) is 0 Å². The van der Waals surface area contributed by atoms with E-state index in [2.05, 4.69) is 4.74 Å². The van der Waals surface area contributed by atoms with E-state index in [1.807, 2.05) is 0 Å². The summed E-state index contributed by atoms with van der Waals surface area (Å²) in [5.41, 5.74) is 5.20. The summed E-state index contributed by atoms with van der Waals surface area (Å²) < 4.78 is 30.7. The van der Waals surface area contributed by atoms with Crippen LogP contribution < -0.4 is 5.73 Å². The van der Waals surface area contributed by atoms with Crippen molar-refractivity contribution >= 4 is 5.97 Å². The number of hydrogen-bond donors (Lipinski definition) is 1. The van der Waals surface area contributed by atoms with Crippen LogP contribution in [0.3, 0.4) is 0 Å². The Morgan fingerprint density at radius 3 is 2.47 bits per heavy atom. The van der Waals surface area contributed by atoms with E-state index >= 15 is 0 Å². The van der Waals surface area contributed by atoms with Crippen LogP contribution in [-0.4, -0.2) is 13.1 Å². The molecule has 0 saturated carbocycles. The van der Waals surface area contributed by atoms with E-state index in [0.29, 0.717) is 0 Å². The molecule has 5 heteroatoms. The van der Waals surface area contributed by atoms with E-state index in [9.17, 15) is 13.6 Å². The molecule has 1 aromatic rings. The largest absolute Gasteiger partial charge is 0.469 e. The van der Waals surface area contributed by atoms with Crippen molar-refractivity contribution in [2.75, 3.05) is 7.11 Å². The van der Waals surface area contributed by atoms with E-state index in [0.717, 1.165) is 12.1 Å². The minimum atomic E-state index is -1.03. The third kappa shape index (κ3) is 2.73. The highest BCUT2D eigenvalue weighted by Gasteiger charge is 2.19. The molecule has 0 saturated heterocycles. The van der Waals surface area contributed by atoms with Gasteiger partial charge in [0.25, 0.3) is 0 Å². The fraction of sp³-hybridized carbons (Fsp3) is 0.300. The van der Waals surface area contributed by atoms with Crippen LogP contribution in [0.4, 0.5) is 8.78 Å². The molecule has 0 spiro atoms. The fourth-order valence-corrected chi connectivity index (χ4v) is 1.23. The molecule has 0 heterocycles. The van der Waals surface area contributed by atoms with Crippen LogP contribution in [0, 0.1) is 11.6 Å². The minimum Gasteiger partial charge on any atom is -0.469 e. The summed E-state index contributed by atoms with van der Waals surface area (Å²) in [5, 5.41) is 0. The Kier molecular flexibility index (Phi) is 3.74. The molecule has 0 bridgehead atoms. The molecular weight excluding hydrogens is 204 g/mol. The van der Waals surface area contributed by atoms with Crippen molar-refractivity contribution in [3.63, 3.8) is 0 Å². The van der Waals surface area contributed by atoms with Gasteiger partial charge in [0.15, 0.2) is 0 Å². The van der Waals surface area contributed by atoms with Crippen molar-refractivity contribution in [2.24, 2.45) is 5.73 Å². The van der Waals surface area contributed by atoms with Crippen molar-refractivity contribution in [1.29, 1.82) is 0 Å². The van der Waals surface area contributed by atoms with Crippen molar-refractivity contribution in [3.05, 3.63) is 35.4 Å². The smallest absolute Gasteiger partial charge is 0.307 e. The van der Waals surface area contributed by atoms with Crippen LogP contribution in [0.1, 0.15) is 18.0 Å². The molecule has 0 aromatic heterocycles. The average Bonchev–Trinajstić information content (AvgIpc) is 2.17. The molecular formula is C10H11F2NO2. The first-order valence-electron chi connectivity index (χ1n) is 4.32. The van der Waals surface area contributed by atoms with Crippen LogP contribution in [0.15, 0.2) is 18.2 Å². The number of esters is 1. The second kappa shape index (κ2) is 4.84. The van der Waals surface area contributed by atoms with E-state index in [-0.39, 0.29) is 12.0 Å². The number of methoxy groups -OCH3 is 1. The van der Waals surface area contributed by atoms with Gasteiger partial charge in [-0.3, -0.25) is 4.79 Å². The summed E-state index contributed by atoms with van der Waals surface area (Å²) in [6.45, 7) is 0. The lowest BCUT2D eigenvalue weighted by atomic mass is 10.0. The van der Waals surface area contributed by atoms with Gasteiger partial charge in [-0.15, -0.1) is 0 Å². The number of nitrogens with two attached hydrogens (primary N) is 1. The Bertz CT molecular complexity index is 348. The predicted octanol–water partition coefficient (Wildman–Crippen LogP) is 1.53. The molecule has 1 rings (SSSR count). The molecule has 3 nitrogen and oxygen atoms in total. The Labute approximate surface area is 85.8 Å². The summed E-state index contributed by atoms with van der Waals surface area (Å²) in [4.78, 5) is 10.9. The molecule has 0 radical (unpaired) electrons. The highest BCUT2D eigenvalue weighted by Crippen LogP contribution is 2.21. The van der Waals surface area contributed by atoms with E-state index < -0.39 is 23.6 Å². The lowest BCUT2D eigenvalue weighted by molar-refractivity contribution is -0.141. The zero-order valence-electron chi connectivity index (χ0n) is 8.17. The van der Waals surface area contributed by atoms with Gasteiger partial charge >= 0.3 is 5.97 Å². The normalized spacial score (nSPS) is 12.3. The lowest BCUT2D eigenvalue weighted by Gasteiger charge is -2.12. The van der Waals surface area contributed by atoms with Crippen molar-refractivity contribution < 1.29 is 18.3 Å². The highest BCUT2D eigenvalue weighted by molar-refractivity contribution is 5.70. The van der Waals surface area contributed by atoms with Crippen molar-refractivity contribution in [1.82, 2.24) is 0 Å². The van der Waals surface area contributed by atoms with Gasteiger partial charge in [-0.1, -0.05) is 6.07 Å². The second-order valence-corrected chi connectivity index (χ2v) is 3.02. The van der Waals surface area contributed by atoms with Gasteiger partial charge in [0.2, 0.25) is 0 Å². The maximum Gasteiger partial charge on any atom is 0.307 e. The van der Waals surface area contributed by atoms with Crippen molar-refractivity contribution in [2.45, 2.75) is 12.5 Å². The molecule has 0 fully saturated rings. The van der Waals surface area contributed by atoms with E-state index in [4.69, 9.17) is 5.73 Å². The molecule has 1 aromatic carbocycles. The van der Waals surface area contributed by atoms with Crippen LogP contribution >= 0.6 is 0 Å². The monoisotopic (exact) mass is 215 g/mol. The number of benzene rings is 1. The molecule has 1 unspecified atom stereocenters. The second-order valence-electron chi connectivity index (χ2n) is 3.02. The quantitative estimate of drug-likeness (QED) is 0.778. The summed E-state index contributed by atoms with van der Waals surface area (Å²) >= 11 is 0. The zero-order chi connectivity index (χ0) is 11.4. The first-order chi connectivity index (χ1) is 7.06. The number of ether oxygens (including phenoxy) is 1. The van der Waals surface area contributed by atoms with Gasteiger partial charge in [-0.25, -0.2) is 8.78 Å². The van der Waals surface area contributed by atoms with Crippen LogP contribution in [0.2, 0.25) is 0 Å². The molecule has 1 atom stereocenters. The standard InChI is InChI=1S/C10H11F2NO2/c1-15-9(14)5-8(13)10-6(11)3-2-4-7(10)12/h2-4,8H,5,13H2,1H3. The molecule has 0 aliphatic heterocycles. The highest BCUT2D eigenvalue weighted by atomic mass is 19.1. The third-order valence-corrected chi connectivity index (χ3v) is 1.98. The number of rotatable bonds is 3. The lowest BCUT2D eigenvalue weighted by Crippen LogP contribution is -2.19. The Hall–Kier alpha value is -1.49. The average molecular weight is 215 g/mol. The molecule has 15 heavy (non-hydrogen) atoms. The maximum absolute atomic E-state index is 13.2. The van der Waals surface area contributed by atoms with Gasteiger partial charge in [0, 0.05) is 11.6 Å². The van der Waals surface area contributed by atoms with Crippen LogP contribution in [-0.2, 0) is 9.53 Å². The number of carbonyl (C=O) groups is 1. The number of carbonyl (C=O) groups excluding carboxylic acids is 1. The molecule has 0 aliphatic rings. The van der Waals surface area contributed by atoms with Gasteiger partial charge in [-0.05, 0) is 12.1 Å². The summed E-state index contributed by atoms with van der Waals surface area (Å²) in [5.74, 6) is -2.12. The topological polar surface area (TPSA) is 52.3 Å². The maximum atomic E-state index is 13.2. The van der Waals surface area contributed by atoms with Gasteiger partial charge < -0.3 is 10.5 Å². The molecule has 2 N–H and O–H groups in total. The van der Waals surface area contributed by atoms with Crippen LogP contribution in [0.25, 0.3) is 0 Å². The Balaban J connectivity index is 2.90. The minimum absolute atomic E-state index is 0.256. The van der Waals surface area contributed by atoms with Crippen molar-refractivity contribution in [3.8, 4) is 0 Å². The van der Waals surface area contributed by atoms with E-state index in [1.54, 1.807) is 0 Å². The Morgan fingerprint density at radius 2 is 2.00 bits per heavy atom. The van der Waals surface area contributed by atoms with Gasteiger partial charge in [0.05, 0.1) is 13.5 Å². The first kappa shape index (κ1) is 11.6. The number of hydrogen-bond acceptors (Lipinski definition) is 3. The first-order valence-corrected chi connectivity index (χ1v) is 4.32. The molecule has 82 valence electrons. The zero-order valence-corrected chi connectivity index (χ0v) is 8.17. The van der Waals surface area contributed by atoms with Gasteiger partial charge in [-0.2, -0.15) is 0 Å². The van der Waals surface area contributed by atoms with E-state index in [1.165, 1.54) is 13.2 Å². The molecule has 0 amide bonds. The summed E-state index contributed by atoms with van der Waals surface area (Å²) in [6.07, 6.45) is -0.256. The summed E-state index contributed by atoms with van der Waals surface area (Å²) in [6, 6.07) is 2.39. The SMILES string of the molecule is COC(=O)CC(N)c1c(F)cccc1F. The summed E-state index contributed by atoms with van der Waals surface area (Å²) in [7, 11) is 1.19. The Morgan fingerprint density at radius 1 is 1.47 bits per heavy atom.